The predicted molar refractivity (Wildman–Crippen MR) is 98.6 cm³/mol. The van der Waals surface area contributed by atoms with Gasteiger partial charge in [0.2, 0.25) is 0 Å². The molecule has 2 amide bonds. The van der Waals surface area contributed by atoms with Crippen molar-refractivity contribution in [3.05, 3.63) is 60.7 Å². The quantitative estimate of drug-likeness (QED) is 0.821. The third-order valence-corrected chi connectivity index (χ3v) is 4.23. The van der Waals surface area contributed by atoms with Crippen LogP contribution < -0.4 is 10.7 Å². The number of para-hydroxylation sites is 2. The van der Waals surface area contributed by atoms with Gasteiger partial charge < -0.3 is 10.5 Å². The lowest BCUT2D eigenvalue weighted by Gasteiger charge is -2.37. The summed E-state index contributed by atoms with van der Waals surface area (Å²) in [5.41, 5.74) is 7.53. The Balaban J connectivity index is 1.84. The fourth-order valence-corrected chi connectivity index (χ4v) is 2.94. The number of hydrazine groups is 1. The van der Waals surface area contributed by atoms with Gasteiger partial charge in [-0.15, -0.1) is 0 Å². The van der Waals surface area contributed by atoms with Crippen LogP contribution in [0.2, 0.25) is 0 Å². The maximum atomic E-state index is 12.2. The Morgan fingerprint density at radius 3 is 1.96 bits per heavy atom. The van der Waals surface area contributed by atoms with Crippen LogP contribution in [0.25, 0.3) is 0 Å². The lowest BCUT2D eigenvalue weighted by atomic mass is 10.2. The summed E-state index contributed by atoms with van der Waals surface area (Å²) in [5.74, 6) is 0. The van der Waals surface area contributed by atoms with Crippen molar-refractivity contribution < 1.29 is 9.53 Å². The van der Waals surface area contributed by atoms with Crippen LogP contribution in [-0.2, 0) is 4.74 Å². The minimum Gasteiger partial charge on any atom is -0.379 e. The molecule has 1 heterocycles. The number of rotatable bonds is 6. The Hall–Kier alpha value is -2.57. The van der Waals surface area contributed by atoms with Gasteiger partial charge in [0.05, 0.1) is 31.1 Å². The topological polar surface area (TPSA) is 62.0 Å². The number of nitrogens with zero attached hydrogens (tertiary/aromatic N) is 3. The average Bonchev–Trinajstić information content (AvgIpc) is 2.67. The summed E-state index contributed by atoms with van der Waals surface area (Å²) in [5, 5.41) is 3.48. The maximum Gasteiger partial charge on any atom is 0.333 e. The molecule has 0 saturated carbocycles. The summed E-state index contributed by atoms with van der Waals surface area (Å²) in [4.78, 5) is 14.5. The Bertz CT molecular complexity index is 620. The van der Waals surface area contributed by atoms with Crippen molar-refractivity contribution in [2.45, 2.75) is 0 Å². The van der Waals surface area contributed by atoms with Crippen molar-refractivity contribution >= 4 is 17.4 Å². The molecule has 2 aromatic rings. The lowest BCUT2D eigenvalue weighted by Crippen LogP contribution is -2.51. The zero-order valence-corrected chi connectivity index (χ0v) is 14.3. The highest BCUT2D eigenvalue weighted by Crippen LogP contribution is 2.27. The molecule has 1 aliphatic heterocycles. The van der Waals surface area contributed by atoms with Crippen LogP contribution in [0.3, 0.4) is 0 Å². The second kappa shape index (κ2) is 8.50. The molecule has 6 nitrogen and oxygen atoms in total. The number of primary amides is 1. The second-order valence-electron chi connectivity index (χ2n) is 5.90. The lowest BCUT2D eigenvalue weighted by molar-refractivity contribution is 0.0351. The minimum absolute atomic E-state index is 0.471. The molecule has 0 spiro atoms. The minimum atomic E-state index is -0.471. The van der Waals surface area contributed by atoms with Crippen LogP contribution in [0.4, 0.5) is 16.2 Å². The fraction of sp³-hybridized carbons (Fsp3) is 0.316. The summed E-state index contributed by atoms with van der Waals surface area (Å²) in [6.45, 7) is 4.49. The van der Waals surface area contributed by atoms with Gasteiger partial charge in [-0.05, 0) is 24.3 Å². The molecular formula is C19H24N4O2. The van der Waals surface area contributed by atoms with Gasteiger partial charge in [-0.25, -0.2) is 14.8 Å². The van der Waals surface area contributed by atoms with E-state index in [1.807, 2.05) is 65.7 Å². The number of benzene rings is 2. The molecule has 0 aliphatic carbocycles. The first-order valence-electron chi connectivity index (χ1n) is 8.53. The van der Waals surface area contributed by atoms with Crippen LogP contribution >= 0.6 is 0 Å². The molecule has 0 unspecified atom stereocenters. The normalized spacial score (nSPS) is 14.9. The molecule has 0 atom stereocenters. The Labute approximate surface area is 148 Å². The van der Waals surface area contributed by atoms with Crippen molar-refractivity contribution in [1.29, 1.82) is 0 Å². The number of ether oxygens (including phenoxy) is 1. The van der Waals surface area contributed by atoms with Crippen LogP contribution in [0.5, 0.6) is 0 Å². The Kier molecular flexibility index (Phi) is 5.87. The number of carbonyl (C=O) groups excluding carboxylic acids is 1. The number of hydrogen-bond acceptors (Lipinski definition) is 4. The molecule has 1 aliphatic rings. The summed E-state index contributed by atoms with van der Waals surface area (Å²) in [6, 6.07) is 19.1. The monoisotopic (exact) mass is 340 g/mol. The van der Waals surface area contributed by atoms with Crippen molar-refractivity contribution in [1.82, 2.24) is 9.91 Å². The third kappa shape index (κ3) is 4.49. The van der Waals surface area contributed by atoms with Crippen molar-refractivity contribution in [3.8, 4) is 0 Å². The van der Waals surface area contributed by atoms with Gasteiger partial charge in [0, 0.05) is 19.6 Å². The highest BCUT2D eigenvalue weighted by molar-refractivity contribution is 5.78. The molecule has 132 valence electrons. The van der Waals surface area contributed by atoms with Gasteiger partial charge in [-0.2, -0.15) is 0 Å². The van der Waals surface area contributed by atoms with Crippen LogP contribution in [0.15, 0.2) is 60.7 Å². The molecule has 2 N–H and O–H groups in total. The number of amides is 2. The van der Waals surface area contributed by atoms with Gasteiger partial charge in [-0.1, -0.05) is 36.4 Å². The number of morpholine rings is 1. The standard InChI is InChI=1S/C19H24N4O2/c20-19(24)22(12-11-21-13-15-25-16-14-21)23(17-7-3-1-4-8-17)18-9-5-2-6-10-18/h1-10H,11-16H2,(H2,20,24). The zero-order valence-electron chi connectivity index (χ0n) is 14.3. The predicted octanol–water partition coefficient (Wildman–Crippen LogP) is 2.45. The van der Waals surface area contributed by atoms with Gasteiger partial charge >= 0.3 is 6.03 Å². The van der Waals surface area contributed by atoms with E-state index in [4.69, 9.17) is 10.5 Å². The fourth-order valence-electron chi connectivity index (χ4n) is 2.94. The summed E-state index contributed by atoms with van der Waals surface area (Å²) < 4.78 is 5.38. The average molecular weight is 340 g/mol. The summed E-state index contributed by atoms with van der Waals surface area (Å²) in [6.07, 6.45) is 0. The third-order valence-electron chi connectivity index (χ3n) is 4.23. The smallest absolute Gasteiger partial charge is 0.333 e. The van der Waals surface area contributed by atoms with Crippen molar-refractivity contribution in [2.24, 2.45) is 5.73 Å². The zero-order chi connectivity index (χ0) is 17.5. The van der Waals surface area contributed by atoms with E-state index in [0.29, 0.717) is 6.54 Å². The first kappa shape index (κ1) is 17.3. The van der Waals surface area contributed by atoms with E-state index < -0.39 is 6.03 Å². The molecule has 25 heavy (non-hydrogen) atoms. The highest BCUT2D eigenvalue weighted by atomic mass is 16.5. The first-order valence-corrected chi connectivity index (χ1v) is 8.53. The van der Waals surface area contributed by atoms with Crippen LogP contribution in [0.1, 0.15) is 0 Å². The van der Waals surface area contributed by atoms with E-state index in [1.54, 1.807) is 5.01 Å². The number of carbonyl (C=O) groups is 1. The van der Waals surface area contributed by atoms with E-state index in [1.165, 1.54) is 0 Å². The van der Waals surface area contributed by atoms with Gasteiger partial charge in [0.15, 0.2) is 0 Å². The molecule has 2 aromatic carbocycles. The molecule has 3 rings (SSSR count). The number of anilines is 2. The molecule has 6 heteroatoms. The number of nitrogens with two attached hydrogens (primary N) is 1. The van der Waals surface area contributed by atoms with E-state index in [0.717, 1.165) is 44.2 Å². The van der Waals surface area contributed by atoms with E-state index >= 15 is 0 Å². The van der Waals surface area contributed by atoms with Crippen LogP contribution in [0, 0.1) is 0 Å². The Morgan fingerprint density at radius 2 is 1.48 bits per heavy atom. The highest BCUT2D eigenvalue weighted by Gasteiger charge is 2.22. The summed E-state index contributed by atoms with van der Waals surface area (Å²) in [7, 11) is 0. The molecule has 0 bridgehead atoms. The molecule has 0 radical (unpaired) electrons. The van der Waals surface area contributed by atoms with Crippen molar-refractivity contribution in [2.75, 3.05) is 44.4 Å². The maximum absolute atomic E-state index is 12.2. The van der Waals surface area contributed by atoms with Gasteiger partial charge in [-0.3, -0.25) is 4.90 Å². The van der Waals surface area contributed by atoms with Crippen molar-refractivity contribution in [3.63, 3.8) is 0 Å². The molecule has 1 saturated heterocycles. The van der Waals surface area contributed by atoms with E-state index in [-0.39, 0.29) is 0 Å². The molecular weight excluding hydrogens is 316 g/mol. The summed E-state index contributed by atoms with van der Waals surface area (Å²) >= 11 is 0. The largest absolute Gasteiger partial charge is 0.379 e. The van der Waals surface area contributed by atoms with Gasteiger partial charge in [0.1, 0.15) is 0 Å². The molecule has 1 fully saturated rings. The second-order valence-corrected chi connectivity index (χ2v) is 5.90. The van der Waals surface area contributed by atoms with Crippen LogP contribution in [-0.4, -0.2) is 55.3 Å². The van der Waals surface area contributed by atoms with Gasteiger partial charge in [0.25, 0.3) is 0 Å². The molecule has 0 aromatic heterocycles. The Morgan fingerprint density at radius 1 is 0.960 bits per heavy atom. The number of hydrogen-bond donors (Lipinski definition) is 1. The number of urea groups is 1. The van der Waals surface area contributed by atoms with E-state index in [2.05, 4.69) is 4.90 Å². The first-order chi connectivity index (χ1) is 12.3. The SMILES string of the molecule is NC(=O)N(CCN1CCOCC1)N(c1ccccc1)c1ccccc1. The van der Waals surface area contributed by atoms with E-state index in [9.17, 15) is 4.79 Å².